The fraction of sp³-hybridized carbons (Fsp3) is 0.364. The average molecular weight is 361 g/mol. The minimum atomic E-state index is -0.478. The van der Waals surface area contributed by atoms with Crippen LogP contribution in [0.15, 0.2) is 52.9 Å². The number of para-hydroxylation sites is 1. The first-order chi connectivity index (χ1) is 13.2. The molecule has 0 atom stereocenters. The van der Waals surface area contributed by atoms with Crippen molar-refractivity contribution < 1.29 is 9.21 Å². The van der Waals surface area contributed by atoms with Gasteiger partial charge in [0.25, 0.3) is 5.91 Å². The highest BCUT2D eigenvalue weighted by Crippen LogP contribution is 2.50. The van der Waals surface area contributed by atoms with Crippen LogP contribution in [0.3, 0.4) is 0 Å². The molecule has 3 heterocycles. The first-order valence-electron chi connectivity index (χ1n) is 9.64. The zero-order valence-corrected chi connectivity index (χ0v) is 15.2. The van der Waals surface area contributed by atoms with Crippen LogP contribution in [-0.4, -0.2) is 22.3 Å². The Bertz CT molecular complexity index is 987. The summed E-state index contributed by atoms with van der Waals surface area (Å²) in [4.78, 5) is 19.1. The van der Waals surface area contributed by atoms with Gasteiger partial charge in [-0.2, -0.15) is 0 Å². The minimum absolute atomic E-state index is 0.196. The third-order valence-electron chi connectivity index (χ3n) is 6.31. The van der Waals surface area contributed by atoms with Crippen molar-refractivity contribution in [1.29, 1.82) is 0 Å². The van der Waals surface area contributed by atoms with Gasteiger partial charge in [-0.15, -0.1) is 0 Å². The zero-order valence-electron chi connectivity index (χ0n) is 15.2. The number of rotatable bonds is 4. The summed E-state index contributed by atoms with van der Waals surface area (Å²) in [7, 11) is 0. The second-order valence-corrected chi connectivity index (χ2v) is 7.88. The van der Waals surface area contributed by atoms with Crippen LogP contribution < -0.4 is 5.73 Å². The SMILES string of the molecule is NC(=O)c1cccc2nc(C34CCC(CC3)CN4Cc3ccccc3)oc12. The molecule has 138 valence electrons. The number of benzene rings is 2. The number of nitrogens with two attached hydrogens (primary N) is 1. The summed E-state index contributed by atoms with van der Waals surface area (Å²) in [6.07, 6.45) is 4.49. The monoisotopic (exact) mass is 361 g/mol. The lowest BCUT2D eigenvalue weighted by molar-refractivity contribution is -0.0604. The summed E-state index contributed by atoms with van der Waals surface area (Å²) in [5, 5.41) is 0. The quantitative estimate of drug-likeness (QED) is 0.766. The Hall–Kier alpha value is -2.66. The van der Waals surface area contributed by atoms with Gasteiger partial charge in [0.15, 0.2) is 5.58 Å². The summed E-state index contributed by atoms with van der Waals surface area (Å²) < 4.78 is 6.23. The topological polar surface area (TPSA) is 72.4 Å². The van der Waals surface area contributed by atoms with Crippen LogP contribution in [0.2, 0.25) is 0 Å². The zero-order chi connectivity index (χ0) is 18.4. The maximum atomic E-state index is 11.8. The largest absolute Gasteiger partial charge is 0.438 e. The number of amides is 1. The van der Waals surface area contributed by atoms with Gasteiger partial charge >= 0.3 is 0 Å². The third-order valence-corrected chi connectivity index (χ3v) is 6.31. The van der Waals surface area contributed by atoms with E-state index in [1.165, 1.54) is 18.4 Å². The van der Waals surface area contributed by atoms with E-state index in [2.05, 4.69) is 29.2 Å². The van der Waals surface area contributed by atoms with Crippen LogP contribution >= 0.6 is 0 Å². The second kappa shape index (κ2) is 6.20. The molecule has 0 radical (unpaired) electrons. The highest BCUT2D eigenvalue weighted by molar-refractivity contribution is 6.03. The molecule has 2 N–H and O–H groups in total. The maximum absolute atomic E-state index is 11.8. The van der Waals surface area contributed by atoms with Gasteiger partial charge in [-0.05, 0) is 49.3 Å². The van der Waals surface area contributed by atoms with E-state index >= 15 is 0 Å². The summed E-state index contributed by atoms with van der Waals surface area (Å²) >= 11 is 0. The van der Waals surface area contributed by atoms with Gasteiger partial charge in [0, 0.05) is 13.1 Å². The molecule has 1 saturated carbocycles. The predicted molar refractivity (Wildman–Crippen MR) is 103 cm³/mol. The molecule has 6 rings (SSSR count). The number of oxazole rings is 1. The van der Waals surface area contributed by atoms with E-state index in [-0.39, 0.29) is 5.54 Å². The molecule has 1 amide bonds. The van der Waals surface area contributed by atoms with Crippen molar-refractivity contribution in [2.24, 2.45) is 11.7 Å². The highest BCUT2D eigenvalue weighted by atomic mass is 16.4. The molecule has 0 unspecified atom stereocenters. The number of aromatic nitrogens is 1. The number of fused-ring (bicyclic) bond motifs is 4. The molecule has 3 fully saturated rings. The summed E-state index contributed by atoms with van der Waals surface area (Å²) in [6, 6.07) is 16.0. The van der Waals surface area contributed by atoms with Crippen molar-refractivity contribution >= 4 is 17.0 Å². The Morgan fingerprint density at radius 3 is 2.67 bits per heavy atom. The van der Waals surface area contributed by atoms with Gasteiger partial charge in [0.1, 0.15) is 5.52 Å². The van der Waals surface area contributed by atoms with Gasteiger partial charge in [-0.25, -0.2) is 4.98 Å². The average Bonchev–Trinajstić information content (AvgIpc) is 3.14. The molecule has 2 saturated heterocycles. The smallest absolute Gasteiger partial charge is 0.252 e. The van der Waals surface area contributed by atoms with E-state index < -0.39 is 5.91 Å². The molecule has 1 aromatic heterocycles. The number of primary amides is 1. The Balaban J connectivity index is 1.59. The van der Waals surface area contributed by atoms with E-state index in [0.717, 1.165) is 37.7 Å². The lowest BCUT2D eigenvalue weighted by Gasteiger charge is -2.53. The number of carbonyl (C=O) groups excluding carboxylic acids is 1. The van der Waals surface area contributed by atoms with Crippen molar-refractivity contribution in [2.45, 2.75) is 37.8 Å². The Labute approximate surface area is 158 Å². The Kier molecular flexibility index (Phi) is 3.79. The number of hydrogen-bond donors (Lipinski definition) is 1. The summed E-state index contributed by atoms with van der Waals surface area (Å²) in [6.45, 7) is 1.95. The molecule has 1 aliphatic carbocycles. The van der Waals surface area contributed by atoms with Crippen LogP contribution in [-0.2, 0) is 12.1 Å². The standard InChI is InChI=1S/C22H23N3O2/c23-20(26)17-7-4-8-18-19(17)27-21(24-18)22-11-9-16(10-12-22)14-25(22)13-15-5-2-1-3-6-15/h1-8,16H,9-14H2,(H2,23,26). The molecule has 2 aliphatic heterocycles. The van der Waals surface area contributed by atoms with Crippen molar-refractivity contribution in [3.05, 3.63) is 65.5 Å². The number of nitrogens with zero attached hydrogens (tertiary/aromatic N) is 2. The molecule has 2 aromatic carbocycles. The van der Waals surface area contributed by atoms with E-state index in [9.17, 15) is 4.79 Å². The van der Waals surface area contributed by atoms with Crippen molar-refractivity contribution in [2.75, 3.05) is 6.54 Å². The van der Waals surface area contributed by atoms with Gasteiger partial charge in [-0.3, -0.25) is 9.69 Å². The van der Waals surface area contributed by atoms with Gasteiger partial charge in [-0.1, -0.05) is 36.4 Å². The molecular weight excluding hydrogens is 338 g/mol. The fourth-order valence-electron chi connectivity index (χ4n) is 4.85. The Morgan fingerprint density at radius 1 is 1.15 bits per heavy atom. The predicted octanol–water partition coefficient (Wildman–Crippen LogP) is 3.83. The van der Waals surface area contributed by atoms with E-state index in [0.29, 0.717) is 16.7 Å². The molecule has 5 nitrogen and oxygen atoms in total. The number of piperidine rings is 2. The molecule has 2 bridgehead atoms. The number of carbonyl (C=O) groups is 1. The molecular formula is C22H23N3O2. The molecule has 5 heteroatoms. The maximum Gasteiger partial charge on any atom is 0.252 e. The second-order valence-electron chi connectivity index (χ2n) is 7.88. The minimum Gasteiger partial charge on any atom is -0.438 e. The summed E-state index contributed by atoms with van der Waals surface area (Å²) in [5.41, 5.74) is 8.27. The lowest BCUT2D eigenvalue weighted by atomic mass is 9.70. The third kappa shape index (κ3) is 2.65. The van der Waals surface area contributed by atoms with Crippen LogP contribution in [0.5, 0.6) is 0 Å². The molecule has 0 spiro atoms. The van der Waals surface area contributed by atoms with E-state index in [1.807, 2.05) is 18.2 Å². The normalized spacial score (nSPS) is 25.1. The van der Waals surface area contributed by atoms with Crippen molar-refractivity contribution in [1.82, 2.24) is 9.88 Å². The van der Waals surface area contributed by atoms with Crippen LogP contribution in [0.1, 0.15) is 47.5 Å². The van der Waals surface area contributed by atoms with Crippen LogP contribution in [0.4, 0.5) is 0 Å². The highest BCUT2D eigenvalue weighted by Gasteiger charge is 2.50. The number of hydrogen-bond acceptors (Lipinski definition) is 4. The van der Waals surface area contributed by atoms with Crippen LogP contribution in [0, 0.1) is 5.92 Å². The van der Waals surface area contributed by atoms with Gasteiger partial charge < -0.3 is 10.2 Å². The van der Waals surface area contributed by atoms with Crippen molar-refractivity contribution in [3.63, 3.8) is 0 Å². The van der Waals surface area contributed by atoms with E-state index in [1.54, 1.807) is 6.07 Å². The first-order valence-corrected chi connectivity index (χ1v) is 9.64. The van der Waals surface area contributed by atoms with Gasteiger partial charge in [0.2, 0.25) is 5.89 Å². The first kappa shape index (κ1) is 16.5. The van der Waals surface area contributed by atoms with Crippen LogP contribution in [0.25, 0.3) is 11.1 Å². The fourth-order valence-corrected chi connectivity index (χ4v) is 4.85. The van der Waals surface area contributed by atoms with E-state index in [4.69, 9.17) is 15.1 Å². The molecule has 27 heavy (non-hydrogen) atoms. The lowest BCUT2D eigenvalue weighted by Crippen LogP contribution is -2.55. The van der Waals surface area contributed by atoms with Gasteiger partial charge in [0.05, 0.1) is 11.1 Å². The molecule has 3 aliphatic rings. The molecule has 3 aromatic rings. The summed E-state index contributed by atoms with van der Waals surface area (Å²) in [5.74, 6) is 1.01. The van der Waals surface area contributed by atoms with Crippen molar-refractivity contribution in [3.8, 4) is 0 Å². The Morgan fingerprint density at radius 2 is 1.93 bits per heavy atom.